The molecule has 0 spiro atoms. The van der Waals surface area contributed by atoms with Crippen molar-refractivity contribution in [2.24, 2.45) is 5.92 Å². The maximum atomic E-state index is 11.8. The average molecular weight is 293 g/mol. The molecule has 19 heavy (non-hydrogen) atoms. The van der Waals surface area contributed by atoms with Gasteiger partial charge < -0.3 is 10.4 Å². The van der Waals surface area contributed by atoms with Crippen molar-refractivity contribution in [3.05, 3.63) is 0 Å². The van der Waals surface area contributed by atoms with Crippen LogP contribution in [-0.4, -0.2) is 47.1 Å². The number of carbonyl (C=O) groups is 2. The minimum absolute atomic E-state index is 0. The van der Waals surface area contributed by atoms with E-state index in [2.05, 4.69) is 5.32 Å². The number of amides is 1. The van der Waals surface area contributed by atoms with Crippen LogP contribution in [0.4, 0.5) is 0 Å². The van der Waals surface area contributed by atoms with E-state index in [4.69, 9.17) is 5.11 Å². The summed E-state index contributed by atoms with van der Waals surface area (Å²) in [6.07, 6.45) is 2.54. The number of rotatable bonds is 5. The predicted octanol–water partition coefficient (Wildman–Crippen LogP) is 1.51. The van der Waals surface area contributed by atoms with E-state index in [1.807, 2.05) is 20.8 Å². The van der Waals surface area contributed by atoms with E-state index < -0.39 is 12.0 Å². The highest BCUT2D eigenvalue weighted by Crippen LogP contribution is 2.16. The molecular formula is C13H25ClN2O3. The number of hydrogen-bond donors (Lipinski definition) is 2. The molecule has 1 rings (SSSR count). The van der Waals surface area contributed by atoms with E-state index >= 15 is 0 Å². The van der Waals surface area contributed by atoms with E-state index in [-0.39, 0.29) is 30.9 Å². The normalized spacial score (nSPS) is 21.6. The third-order valence-electron chi connectivity index (χ3n) is 3.63. The van der Waals surface area contributed by atoms with Gasteiger partial charge in [-0.15, -0.1) is 12.4 Å². The van der Waals surface area contributed by atoms with Crippen molar-refractivity contribution in [3.63, 3.8) is 0 Å². The number of likely N-dealkylation sites (tertiary alicyclic amines) is 1. The maximum absolute atomic E-state index is 11.8. The molecule has 5 nitrogen and oxygen atoms in total. The summed E-state index contributed by atoms with van der Waals surface area (Å²) in [5.41, 5.74) is 0. The third-order valence-corrected chi connectivity index (χ3v) is 3.63. The summed E-state index contributed by atoms with van der Waals surface area (Å²) < 4.78 is 0. The van der Waals surface area contributed by atoms with E-state index in [0.29, 0.717) is 18.9 Å². The lowest BCUT2D eigenvalue weighted by atomic mass is 10.0. The molecule has 2 unspecified atom stereocenters. The second-order valence-electron chi connectivity index (χ2n) is 5.42. The fourth-order valence-corrected chi connectivity index (χ4v) is 2.11. The van der Waals surface area contributed by atoms with Crippen LogP contribution >= 0.6 is 12.4 Å². The Bertz CT molecular complexity index is 310. The van der Waals surface area contributed by atoms with Crippen molar-refractivity contribution in [1.82, 2.24) is 10.2 Å². The van der Waals surface area contributed by atoms with Gasteiger partial charge in [0, 0.05) is 6.04 Å². The van der Waals surface area contributed by atoms with E-state index in [0.717, 1.165) is 12.8 Å². The van der Waals surface area contributed by atoms with Crippen LogP contribution < -0.4 is 5.32 Å². The summed E-state index contributed by atoms with van der Waals surface area (Å²) in [4.78, 5) is 24.7. The lowest BCUT2D eigenvalue weighted by Gasteiger charge is -2.32. The predicted molar refractivity (Wildman–Crippen MR) is 76.5 cm³/mol. The molecule has 0 radical (unpaired) electrons. The molecule has 1 heterocycles. The van der Waals surface area contributed by atoms with E-state index in [9.17, 15) is 9.59 Å². The first kappa shape index (κ1) is 18.2. The Kier molecular flexibility index (Phi) is 8.02. The number of hydrogen-bond acceptors (Lipinski definition) is 3. The number of piperidine rings is 1. The minimum atomic E-state index is -0.820. The Balaban J connectivity index is 0.00000324. The lowest BCUT2D eigenvalue weighted by Crippen LogP contribution is -2.50. The van der Waals surface area contributed by atoms with Crippen LogP contribution in [0.3, 0.4) is 0 Å². The lowest BCUT2D eigenvalue weighted by molar-refractivity contribution is -0.145. The molecule has 1 aliphatic rings. The van der Waals surface area contributed by atoms with Gasteiger partial charge >= 0.3 is 5.97 Å². The number of carboxylic acid groups (broad SMARTS) is 1. The number of aliphatic carboxylic acids is 1. The molecule has 2 N–H and O–H groups in total. The Morgan fingerprint density at radius 3 is 2.47 bits per heavy atom. The quantitative estimate of drug-likeness (QED) is 0.806. The minimum Gasteiger partial charge on any atom is -0.480 e. The Labute approximate surface area is 121 Å². The monoisotopic (exact) mass is 292 g/mol. The number of nitrogens with one attached hydrogen (secondary N) is 1. The van der Waals surface area contributed by atoms with E-state index in [1.54, 1.807) is 4.90 Å². The summed E-state index contributed by atoms with van der Waals surface area (Å²) in [6.45, 7) is 6.94. The van der Waals surface area contributed by atoms with Gasteiger partial charge in [-0.2, -0.15) is 0 Å². The molecular weight excluding hydrogens is 268 g/mol. The summed E-state index contributed by atoms with van der Waals surface area (Å²) in [5, 5.41) is 12.0. The molecule has 0 bridgehead atoms. The van der Waals surface area contributed by atoms with Gasteiger partial charge in [0.05, 0.1) is 6.54 Å². The Morgan fingerprint density at radius 2 is 1.95 bits per heavy atom. The van der Waals surface area contributed by atoms with Crippen LogP contribution in [0.1, 0.15) is 40.0 Å². The summed E-state index contributed by atoms with van der Waals surface area (Å²) in [5.74, 6) is -0.519. The summed E-state index contributed by atoms with van der Waals surface area (Å²) in [7, 11) is 0. The topological polar surface area (TPSA) is 69.6 Å². The zero-order valence-electron chi connectivity index (χ0n) is 11.9. The van der Waals surface area contributed by atoms with Crippen LogP contribution in [0.5, 0.6) is 0 Å². The van der Waals surface area contributed by atoms with Gasteiger partial charge in [-0.3, -0.25) is 14.5 Å². The molecule has 0 aromatic rings. The van der Waals surface area contributed by atoms with Crippen molar-refractivity contribution in [3.8, 4) is 0 Å². The fourth-order valence-electron chi connectivity index (χ4n) is 2.11. The van der Waals surface area contributed by atoms with Crippen LogP contribution in [-0.2, 0) is 9.59 Å². The molecule has 1 fully saturated rings. The first-order chi connectivity index (χ1) is 8.41. The number of carbonyl (C=O) groups excluding carboxylic acids is 1. The second-order valence-corrected chi connectivity index (χ2v) is 5.42. The highest BCUT2D eigenvalue weighted by atomic mass is 35.5. The van der Waals surface area contributed by atoms with Crippen LogP contribution in [0.15, 0.2) is 0 Å². The summed E-state index contributed by atoms with van der Waals surface area (Å²) >= 11 is 0. The molecule has 6 heteroatoms. The van der Waals surface area contributed by atoms with Gasteiger partial charge in [0.1, 0.15) is 6.04 Å². The van der Waals surface area contributed by atoms with Crippen LogP contribution in [0, 0.1) is 5.92 Å². The van der Waals surface area contributed by atoms with E-state index in [1.165, 1.54) is 0 Å². The smallest absolute Gasteiger partial charge is 0.320 e. The number of halogens is 1. The van der Waals surface area contributed by atoms with Gasteiger partial charge in [-0.05, 0) is 32.2 Å². The van der Waals surface area contributed by atoms with Crippen molar-refractivity contribution in [2.45, 2.75) is 52.1 Å². The fraction of sp³-hybridized carbons (Fsp3) is 0.846. The SMILES string of the molecule is CC(C)C(C)NC(=O)CN1CCCCC1C(=O)O.Cl. The average Bonchev–Trinajstić information content (AvgIpc) is 2.28. The number of carboxylic acids is 1. The van der Waals surface area contributed by atoms with Crippen molar-refractivity contribution in [1.29, 1.82) is 0 Å². The van der Waals surface area contributed by atoms with Gasteiger partial charge in [0.25, 0.3) is 0 Å². The maximum Gasteiger partial charge on any atom is 0.320 e. The molecule has 2 atom stereocenters. The van der Waals surface area contributed by atoms with Crippen molar-refractivity contribution in [2.75, 3.05) is 13.1 Å². The standard InChI is InChI=1S/C13H24N2O3.ClH/c1-9(2)10(3)14-12(16)8-15-7-5-4-6-11(15)13(17)18;/h9-11H,4-8H2,1-3H3,(H,14,16)(H,17,18);1H. The molecule has 112 valence electrons. The zero-order valence-corrected chi connectivity index (χ0v) is 12.7. The molecule has 1 amide bonds. The largest absolute Gasteiger partial charge is 0.480 e. The molecule has 0 saturated carbocycles. The molecule has 0 aromatic heterocycles. The highest BCUT2D eigenvalue weighted by Gasteiger charge is 2.29. The second kappa shape index (κ2) is 8.38. The van der Waals surface area contributed by atoms with Gasteiger partial charge in [0.2, 0.25) is 5.91 Å². The number of nitrogens with zero attached hydrogens (tertiary/aromatic N) is 1. The van der Waals surface area contributed by atoms with Gasteiger partial charge in [-0.1, -0.05) is 20.3 Å². The first-order valence-corrected chi connectivity index (χ1v) is 6.68. The van der Waals surface area contributed by atoms with Crippen molar-refractivity contribution < 1.29 is 14.7 Å². The van der Waals surface area contributed by atoms with Crippen molar-refractivity contribution >= 4 is 24.3 Å². The Morgan fingerprint density at radius 1 is 1.32 bits per heavy atom. The third kappa shape index (κ3) is 5.78. The zero-order chi connectivity index (χ0) is 13.7. The van der Waals surface area contributed by atoms with Crippen LogP contribution in [0.2, 0.25) is 0 Å². The van der Waals surface area contributed by atoms with Gasteiger partial charge in [-0.25, -0.2) is 0 Å². The Hall–Kier alpha value is -0.810. The van der Waals surface area contributed by atoms with Crippen LogP contribution in [0.25, 0.3) is 0 Å². The molecule has 1 saturated heterocycles. The highest BCUT2D eigenvalue weighted by molar-refractivity contribution is 5.85. The molecule has 0 aliphatic carbocycles. The first-order valence-electron chi connectivity index (χ1n) is 6.68. The van der Waals surface area contributed by atoms with Gasteiger partial charge in [0.15, 0.2) is 0 Å². The summed E-state index contributed by atoms with van der Waals surface area (Å²) in [6, 6.07) is -0.385. The molecule has 0 aromatic carbocycles. The molecule has 1 aliphatic heterocycles.